The molecule has 0 aromatic carbocycles. The van der Waals surface area contributed by atoms with Crippen molar-refractivity contribution in [3.8, 4) is 0 Å². The van der Waals surface area contributed by atoms with E-state index >= 15 is 0 Å². The molecule has 3 N–H and O–H groups in total. The minimum absolute atomic E-state index is 0.0258. The first kappa shape index (κ1) is 18.8. The van der Waals surface area contributed by atoms with Crippen molar-refractivity contribution in [3.63, 3.8) is 0 Å². The number of carboxylic acids is 1. The average Bonchev–Trinajstić information content (AvgIpc) is 2.35. The van der Waals surface area contributed by atoms with Crippen LogP contribution in [0.1, 0.15) is 33.1 Å². The molecular formula is C11H23N3O5S. The number of hydrogen-bond acceptors (Lipinski definition) is 4. The molecule has 0 rings (SSSR count). The van der Waals surface area contributed by atoms with Crippen molar-refractivity contribution in [3.05, 3.63) is 0 Å². The molecule has 1 amide bonds. The molecule has 0 fully saturated rings. The third-order valence-electron chi connectivity index (χ3n) is 2.71. The first-order valence-electron chi connectivity index (χ1n) is 6.41. The summed E-state index contributed by atoms with van der Waals surface area (Å²) in [4.78, 5) is 21.8. The summed E-state index contributed by atoms with van der Waals surface area (Å²) >= 11 is 0. The summed E-state index contributed by atoms with van der Waals surface area (Å²) in [7, 11) is -2.46. The van der Waals surface area contributed by atoms with Gasteiger partial charge in [0.1, 0.15) is 0 Å². The van der Waals surface area contributed by atoms with Crippen molar-refractivity contribution in [2.24, 2.45) is 0 Å². The van der Waals surface area contributed by atoms with E-state index in [0.29, 0.717) is 0 Å². The minimum atomic E-state index is -3.75. The predicted molar refractivity (Wildman–Crippen MR) is 74.3 cm³/mol. The number of rotatable bonds is 10. The SMILES string of the molecule is CCC(C)NC(=O)CCNS(=O)(=O)N(C)CCC(=O)O. The van der Waals surface area contributed by atoms with Crippen molar-refractivity contribution < 1.29 is 23.1 Å². The van der Waals surface area contributed by atoms with Gasteiger partial charge in [-0.2, -0.15) is 12.7 Å². The number of carbonyl (C=O) groups excluding carboxylic acids is 1. The van der Waals surface area contributed by atoms with Crippen LogP contribution in [0.25, 0.3) is 0 Å². The van der Waals surface area contributed by atoms with E-state index in [0.717, 1.165) is 10.7 Å². The summed E-state index contributed by atoms with van der Waals surface area (Å²) in [6, 6.07) is 0.0531. The molecule has 1 unspecified atom stereocenters. The zero-order chi connectivity index (χ0) is 15.8. The predicted octanol–water partition coefficient (Wildman–Crippen LogP) is -0.468. The van der Waals surface area contributed by atoms with Gasteiger partial charge in [-0.25, -0.2) is 4.72 Å². The Balaban J connectivity index is 4.10. The Morgan fingerprint density at radius 2 is 1.90 bits per heavy atom. The van der Waals surface area contributed by atoms with Crippen molar-refractivity contribution in [1.82, 2.24) is 14.3 Å². The van der Waals surface area contributed by atoms with Gasteiger partial charge in [-0.05, 0) is 13.3 Å². The van der Waals surface area contributed by atoms with E-state index in [2.05, 4.69) is 10.0 Å². The number of nitrogens with one attached hydrogen (secondary N) is 2. The molecule has 0 aliphatic carbocycles. The Morgan fingerprint density at radius 3 is 2.40 bits per heavy atom. The number of nitrogens with zero attached hydrogens (tertiary/aromatic N) is 1. The van der Waals surface area contributed by atoms with Gasteiger partial charge in [0.15, 0.2) is 0 Å². The molecule has 9 heteroatoms. The van der Waals surface area contributed by atoms with Crippen LogP contribution < -0.4 is 10.0 Å². The summed E-state index contributed by atoms with van der Waals surface area (Å²) < 4.78 is 26.5. The van der Waals surface area contributed by atoms with Crippen LogP contribution in [0, 0.1) is 0 Å². The summed E-state index contributed by atoms with van der Waals surface area (Å²) in [5, 5.41) is 11.2. The molecule has 0 aromatic rings. The summed E-state index contributed by atoms with van der Waals surface area (Å²) in [5.41, 5.74) is 0. The lowest BCUT2D eigenvalue weighted by molar-refractivity contribution is -0.137. The largest absolute Gasteiger partial charge is 0.481 e. The third kappa shape index (κ3) is 8.08. The van der Waals surface area contributed by atoms with Gasteiger partial charge in [-0.1, -0.05) is 6.92 Å². The van der Waals surface area contributed by atoms with Gasteiger partial charge in [0.25, 0.3) is 10.2 Å². The molecule has 0 bridgehead atoms. The van der Waals surface area contributed by atoms with Crippen LogP contribution in [0.5, 0.6) is 0 Å². The number of carboxylic acid groups (broad SMARTS) is 1. The molecule has 0 aliphatic heterocycles. The fraction of sp³-hybridized carbons (Fsp3) is 0.818. The third-order valence-corrected chi connectivity index (χ3v) is 4.28. The number of carbonyl (C=O) groups is 2. The normalized spacial score (nSPS) is 13.2. The lowest BCUT2D eigenvalue weighted by Gasteiger charge is -2.17. The Labute approximate surface area is 119 Å². The van der Waals surface area contributed by atoms with Crippen LogP contribution in [0.4, 0.5) is 0 Å². The van der Waals surface area contributed by atoms with Gasteiger partial charge in [0.05, 0.1) is 6.42 Å². The number of hydrogen-bond donors (Lipinski definition) is 3. The van der Waals surface area contributed by atoms with Gasteiger partial charge in [-0.3, -0.25) is 9.59 Å². The lowest BCUT2D eigenvalue weighted by Crippen LogP contribution is -2.41. The molecular weight excluding hydrogens is 286 g/mol. The molecule has 0 aromatic heterocycles. The van der Waals surface area contributed by atoms with Gasteiger partial charge < -0.3 is 10.4 Å². The Bertz CT molecular complexity index is 424. The van der Waals surface area contributed by atoms with Gasteiger partial charge in [-0.15, -0.1) is 0 Å². The van der Waals surface area contributed by atoms with Gasteiger partial charge in [0.2, 0.25) is 5.91 Å². The molecule has 0 saturated carbocycles. The zero-order valence-corrected chi connectivity index (χ0v) is 12.9. The second-order valence-electron chi connectivity index (χ2n) is 4.49. The highest BCUT2D eigenvalue weighted by Gasteiger charge is 2.18. The zero-order valence-electron chi connectivity index (χ0n) is 12.0. The van der Waals surface area contributed by atoms with E-state index < -0.39 is 16.2 Å². The summed E-state index contributed by atoms with van der Waals surface area (Å²) in [6.45, 7) is 3.65. The number of amides is 1. The van der Waals surface area contributed by atoms with E-state index in [-0.39, 0.29) is 37.9 Å². The Morgan fingerprint density at radius 1 is 1.30 bits per heavy atom. The number of aliphatic carboxylic acids is 1. The van der Waals surface area contributed by atoms with Gasteiger partial charge in [0, 0.05) is 32.6 Å². The van der Waals surface area contributed by atoms with Crippen molar-refractivity contribution in [2.45, 2.75) is 39.2 Å². The molecule has 118 valence electrons. The van der Waals surface area contributed by atoms with Crippen LogP contribution in [-0.2, 0) is 19.8 Å². The van der Waals surface area contributed by atoms with Crippen molar-refractivity contribution in [2.75, 3.05) is 20.1 Å². The topological polar surface area (TPSA) is 116 Å². The maximum Gasteiger partial charge on any atom is 0.304 e. The smallest absolute Gasteiger partial charge is 0.304 e. The highest BCUT2D eigenvalue weighted by molar-refractivity contribution is 7.87. The van der Waals surface area contributed by atoms with Crippen LogP contribution in [0.2, 0.25) is 0 Å². The second kappa shape index (κ2) is 8.88. The maximum atomic E-state index is 11.7. The first-order chi connectivity index (χ1) is 9.19. The molecule has 1 atom stereocenters. The lowest BCUT2D eigenvalue weighted by atomic mass is 10.2. The van der Waals surface area contributed by atoms with E-state index in [4.69, 9.17) is 5.11 Å². The molecule has 0 heterocycles. The molecule has 0 aliphatic rings. The van der Waals surface area contributed by atoms with Crippen LogP contribution in [0.3, 0.4) is 0 Å². The fourth-order valence-electron chi connectivity index (χ4n) is 1.23. The summed E-state index contributed by atoms with van der Waals surface area (Å²) in [6.07, 6.45) is 0.567. The molecule has 0 saturated heterocycles. The van der Waals surface area contributed by atoms with E-state index in [1.165, 1.54) is 7.05 Å². The average molecular weight is 309 g/mol. The van der Waals surface area contributed by atoms with E-state index in [9.17, 15) is 18.0 Å². The van der Waals surface area contributed by atoms with E-state index in [1.54, 1.807) is 0 Å². The fourth-order valence-corrected chi connectivity index (χ4v) is 2.14. The Hall–Kier alpha value is -1.19. The van der Waals surface area contributed by atoms with Gasteiger partial charge >= 0.3 is 5.97 Å². The standard InChI is InChI=1S/C11H23N3O5S/c1-4-9(2)13-10(15)5-7-12-20(18,19)14(3)8-6-11(16)17/h9,12H,4-8H2,1-3H3,(H,13,15)(H,16,17). The molecule has 20 heavy (non-hydrogen) atoms. The summed E-state index contributed by atoms with van der Waals surface area (Å²) in [5.74, 6) is -1.30. The Kier molecular flexibility index (Phi) is 8.35. The first-order valence-corrected chi connectivity index (χ1v) is 7.85. The van der Waals surface area contributed by atoms with Crippen LogP contribution in [-0.4, -0.2) is 55.9 Å². The van der Waals surface area contributed by atoms with Crippen molar-refractivity contribution >= 4 is 22.1 Å². The monoisotopic (exact) mass is 309 g/mol. The minimum Gasteiger partial charge on any atom is -0.481 e. The molecule has 0 spiro atoms. The molecule has 0 radical (unpaired) electrons. The highest BCUT2D eigenvalue weighted by Crippen LogP contribution is 1.96. The van der Waals surface area contributed by atoms with Crippen LogP contribution in [0.15, 0.2) is 0 Å². The van der Waals surface area contributed by atoms with E-state index in [1.807, 2.05) is 13.8 Å². The maximum absolute atomic E-state index is 11.7. The molecule has 8 nitrogen and oxygen atoms in total. The second-order valence-corrected chi connectivity index (χ2v) is 6.35. The van der Waals surface area contributed by atoms with Crippen LogP contribution >= 0.6 is 0 Å². The quantitative estimate of drug-likeness (QED) is 0.504. The van der Waals surface area contributed by atoms with Crippen molar-refractivity contribution in [1.29, 1.82) is 0 Å². The highest BCUT2D eigenvalue weighted by atomic mass is 32.2.